The Balaban J connectivity index is 2.23. The quantitative estimate of drug-likeness (QED) is 0.840. The summed E-state index contributed by atoms with van der Waals surface area (Å²) >= 11 is 5.87. The van der Waals surface area contributed by atoms with Crippen LogP contribution in [-0.4, -0.2) is 6.73 Å². The fourth-order valence-corrected chi connectivity index (χ4v) is 1.79. The van der Waals surface area contributed by atoms with Gasteiger partial charge in [-0.1, -0.05) is 41.9 Å². The van der Waals surface area contributed by atoms with Crippen molar-refractivity contribution in [1.29, 1.82) is 0 Å². The minimum absolute atomic E-state index is 0.241. The molecule has 0 bridgehead atoms. The third kappa shape index (κ3) is 3.30. The lowest BCUT2D eigenvalue weighted by Gasteiger charge is -2.06. The monoisotopic (exact) mass is 247 g/mol. The van der Waals surface area contributed by atoms with E-state index < -0.39 is 0 Å². The summed E-state index contributed by atoms with van der Waals surface area (Å²) in [5.41, 5.74) is 8.71. The Kier molecular flexibility index (Phi) is 4.15. The van der Waals surface area contributed by atoms with Crippen molar-refractivity contribution in [2.24, 2.45) is 5.73 Å². The standard InChI is InChI=1S/C14H14ClNO/c15-14-6-4-12(5-7-14)13-3-1-2-11(8-13)9-17-10-16/h1-8H,9-10,16H2. The number of rotatable bonds is 4. The van der Waals surface area contributed by atoms with Gasteiger partial charge in [0, 0.05) is 5.02 Å². The summed E-state index contributed by atoms with van der Waals surface area (Å²) < 4.78 is 5.19. The van der Waals surface area contributed by atoms with E-state index in [2.05, 4.69) is 12.1 Å². The molecule has 2 N–H and O–H groups in total. The molecule has 0 aliphatic carbocycles. The van der Waals surface area contributed by atoms with Crippen LogP contribution in [0.2, 0.25) is 5.02 Å². The molecule has 2 nitrogen and oxygen atoms in total. The maximum absolute atomic E-state index is 5.87. The highest BCUT2D eigenvalue weighted by Crippen LogP contribution is 2.22. The highest BCUT2D eigenvalue weighted by molar-refractivity contribution is 6.30. The zero-order valence-electron chi connectivity index (χ0n) is 9.40. The van der Waals surface area contributed by atoms with Gasteiger partial charge in [0.05, 0.1) is 13.3 Å². The van der Waals surface area contributed by atoms with E-state index in [0.717, 1.165) is 21.7 Å². The number of hydrogen-bond donors (Lipinski definition) is 1. The molecule has 0 saturated heterocycles. The number of ether oxygens (including phenoxy) is 1. The first-order valence-corrected chi connectivity index (χ1v) is 5.80. The molecule has 3 heteroatoms. The summed E-state index contributed by atoms with van der Waals surface area (Å²) in [5.74, 6) is 0. The van der Waals surface area contributed by atoms with Gasteiger partial charge in [-0.3, -0.25) is 0 Å². The van der Waals surface area contributed by atoms with Gasteiger partial charge in [-0.25, -0.2) is 0 Å². The normalized spacial score (nSPS) is 10.5. The molecule has 0 unspecified atom stereocenters. The average molecular weight is 248 g/mol. The minimum Gasteiger partial charge on any atom is -0.362 e. The van der Waals surface area contributed by atoms with Crippen molar-refractivity contribution in [2.75, 3.05) is 6.73 Å². The first-order valence-electron chi connectivity index (χ1n) is 5.42. The summed E-state index contributed by atoms with van der Waals surface area (Å²) in [6, 6.07) is 16.0. The lowest BCUT2D eigenvalue weighted by molar-refractivity contribution is 0.127. The van der Waals surface area contributed by atoms with E-state index in [9.17, 15) is 0 Å². The topological polar surface area (TPSA) is 35.2 Å². The van der Waals surface area contributed by atoms with E-state index in [0.29, 0.717) is 6.61 Å². The second-order valence-corrected chi connectivity index (χ2v) is 4.16. The molecule has 2 aromatic carbocycles. The number of hydrogen-bond acceptors (Lipinski definition) is 2. The van der Waals surface area contributed by atoms with Gasteiger partial charge in [-0.05, 0) is 34.9 Å². The molecule has 0 amide bonds. The van der Waals surface area contributed by atoms with Crippen molar-refractivity contribution in [3.05, 3.63) is 59.1 Å². The van der Waals surface area contributed by atoms with Crippen LogP contribution in [0.5, 0.6) is 0 Å². The van der Waals surface area contributed by atoms with Crippen molar-refractivity contribution in [3.8, 4) is 11.1 Å². The SMILES string of the molecule is NCOCc1cccc(-c2ccc(Cl)cc2)c1. The van der Waals surface area contributed by atoms with Crippen LogP contribution >= 0.6 is 11.6 Å². The van der Waals surface area contributed by atoms with Gasteiger partial charge >= 0.3 is 0 Å². The highest BCUT2D eigenvalue weighted by atomic mass is 35.5. The zero-order chi connectivity index (χ0) is 12.1. The summed E-state index contributed by atoms with van der Waals surface area (Å²) in [4.78, 5) is 0. The fourth-order valence-electron chi connectivity index (χ4n) is 1.66. The first kappa shape index (κ1) is 12.1. The molecule has 0 radical (unpaired) electrons. The van der Waals surface area contributed by atoms with Crippen LogP contribution in [-0.2, 0) is 11.3 Å². The Bertz CT molecular complexity index is 482. The van der Waals surface area contributed by atoms with Crippen LogP contribution in [0.3, 0.4) is 0 Å². The van der Waals surface area contributed by atoms with E-state index in [4.69, 9.17) is 22.1 Å². The van der Waals surface area contributed by atoms with Crippen LogP contribution in [0.4, 0.5) is 0 Å². The smallest absolute Gasteiger partial charge is 0.0944 e. The van der Waals surface area contributed by atoms with Crippen LogP contribution in [0.1, 0.15) is 5.56 Å². The second-order valence-electron chi connectivity index (χ2n) is 3.72. The molecule has 0 atom stereocenters. The van der Waals surface area contributed by atoms with Gasteiger partial charge in [0.25, 0.3) is 0 Å². The van der Waals surface area contributed by atoms with Gasteiger partial charge < -0.3 is 10.5 Å². The molecule has 0 aromatic heterocycles. The van der Waals surface area contributed by atoms with Crippen molar-refractivity contribution < 1.29 is 4.74 Å². The van der Waals surface area contributed by atoms with Gasteiger partial charge in [0.1, 0.15) is 0 Å². The third-order valence-corrected chi connectivity index (χ3v) is 2.74. The Labute approximate surface area is 106 Å². The van der Waals surface area contributed by atoms with Crippen molar-refractivity contribution >= 4 is 11.6 Å². The fraction of sp³-hybridized carbons (Fsp3) is 0.143. The number of nitrogens with two attached hydrogens (primary N) is 1. The van der Waals surface area contributed by atoms with Gasteiger partial charge in [-0.15, -0.1) is 0 Å². The molecule has 17 heavy (non-hydrogen) atoms. The zero-order valence-corrected chi connectivity index (χ0v) is 10.2. The van der Waals surface area contributed by atoms with Crippen LogP contribution in [0, 0.1) is 0 Å². The molecule has 88 valence electrons. The lowest BCUT2D eigenvalue weighted by atomic mass is 10.0. The van der Waals surface area contributed by atoms with Crippen LogP contribution in [0.25, 0.3) is 11.1 Å². The lowest BCUT2D eigenvalue weighted by Crippen LogP contribution is -2.04. The molecule has 0 spiro atoms. The number of halogens is 1. The predicted octanol–water partition coefficient (Wildman–Crippen LogP) is 3.44. The van der Waals surface area contributed by atoms with Gasteiger partial charge in [0.15, 0.2) is 0 Å². The number of benzene rings is 2. The molecule has 0 fully saturated rings. The Hall–Kier alpha value is -1.35. The van der Waals surface area contributed by atoms with Crippen molar-refractivity contribution in [2.45, 2.75) is 6.61 Å². The summed E-state index contributed by atoms with van der Waals surface area (Å²) in [6.07, 6.45) is 0. The van der Waals surface area contributed by atoms with E-state index in [1.54, 1.807) is 0 Å². The summed E-state index contributed by atoms with van der Waals surface area (Å²) in [5, 5.41) is 0.747. The second kappa shape index (κ2) is 5.82. The van der Waals surface area contributed by atoms with E-state index in [-0.39, 0.29) is 6.73 Å². The molecular formula is C14H14ClNO. The Morgan fingerprint density at radius 2 is 1.76 bits per heavy atom. The Morgan fingerprint density at radius 1 is 1.00 bits per heavy atom. The van der Waals surface area contributed by atoms with E-state index >= 15 is 0 Å². The van der Waals surface area contributed by atoms with Crippen LogP contribution < -0.4 is 5.73 Å². The largest absolute Gasteiger partial charge is 0.362 e. The van der Waals surface area contributed by atoms with E-state index in [1.165, 1.54) is 0 Å². The predicted molar refractivity (Wildman–Crippen MR) is 70.7 cm³/mol. The van der Waals surface area contributed by atoms with Crippen molar-refractivity contribution in [3.63, 3.8) is 0 Å². The van der Waals surface area contributed by atoms with Crippen molar-refractivity contribution in [1.82, 2.24) is 0 Å². The maximum Gasteiger partial charge on any atom is 0.0944 e. The Morgan fingerprint density at radius 3 is 2.47 bits per heavy atom. The first-order chi connectivity index (χ1) is 8.29. The summed E-state index contributed by atoms with van der Waals surface area (Å²) in [6.45, 7) is 0.781. The molecule has 0 heterocycles. The molecule has 0 aliphatic heterocycles. The minimum atomic E-state index is 0.241. The highest BCUT2D eigenvalue weighted by Gasteiger charge is 1.99. The summed E-state index contributed by atoms with van der Waals surface area (Å²) in [7, 11) is 0. The van der Waals surface area contributed by atoms with Crippen LogP contribution in [0.15, 0.2) is 48.5 Å². The molecule has 2 rings (SSSR count). The average Bonchev–Trinajstić information content (AvgIpc) is 2.37. The molecule has 0 aliphatic rings. The molecule has 2 aromatic rings. The van der Waals surface area contributed by atoms with E-state index in [1.807, 2.05) is 36.4 Å². The molecule has 0 saturated carbocycles. The van der Waals surface area contributed by atoms with Gasteiger partial charge in [-0.2, -0.15) is 0 Å². The maximum atomic E-state index is 5.87. The third-order valence-electron chi connectivity index (χ3n) is 2.49. The molecular weight excluding hydrogens is 234 g/mol. The van der Waals surface area contributed by atoms with Gasteiger partial charge in [0.2, 0.25) is 0 Å².